The summed E-state index contributed by atoms with van der Waals surface area (Å²) < 4.78 is 14.2. The molecule has 0 N–H and O–H groups in total. The fraction of sp³-hybridized carbons (Fsp3) is 0. The van der Waals surface area contributed by atoms with E-state index in [1.165, 1.54) is 0 Å². The highest BCUT2D eigenvalue weighted by Gasteiger charge is 2.25. The molecule has 0 atom stereocenters. The molecular formula is C110H68N10O2. The van der Waals surface area contributed by atoms with Crippen LogP contribution in [-0.4, -0.2) is 49.8 Å². The van der Waals surface area contributed by atoms with Gasteiger partial charge in [-0.15, -0.1) is 0 Å². The predicted octanol–water partition coefficient (Wildman–Crippen LogP) is 27.8. The summed E-state index contributed by atoms with van der Waals surface area (Å²) in [6.07, 6.45) is 0. The second-order valence-corrected chi connectivity index (χ2v) is 30.1. The Morgan fingerprint density at radius 2 is 0.410 bits per heavy atom. The zero-order valence-corrected chi connectivity index (χ0v) is 65.5. The number of para-hydroxylation sites is 1. The zero-order valence-electron chi connectivity index (χ0n) is 65.5. The molecule has 12 nitrogen and oxygen atoms in total. The smallest absolute Gasteiger partial charge is 0.164 e. The van der Waals surface area contributed by atoms with E-state index in [1.54, 1.807) is 0 Å². The lowest BCUT2D eigenvalue weighted by molar-refractivity contribution is 0.670. The van der Waals surface area contributed by atoms with E-state index in [1.807, 2.05) is 188 Å². The Kier molecular flexibility index (Phi) is 18.3. The van der Waals surface area contributed by atoms with Crippen molar-refractivity contribution in [3.8, 4) is 192 Å². The lowest BCUT2D eigenvalue weighted by Crippen LogP contribution is -2.01. The number of hydrogen-bond donors (Lipinski definition) is 0. The van der Waals surface area contributed by atoms with Gasteiger partial charge in [0, 0.05) is 99.4 Å². The third-order valence-electron chi connectivity index (χ3n) is 22.5. The lowest BCUT2D eigenvalue weighted by atomic mass is 9.91. The summed E-state index contributed by atoms with van der Waals surface area (Å²) in [6, 6.07) is 141. The first kappa shape index (κ1) is 71.8. The molecule has 0 saturated heterocycles. The molecule has 6 heterocycles. The van der Waals surface area contributed by atoms with Crippen LogP contribution in [0.4, 0.5) is 0 Å². The van der Waals surface area contributed by atoms with E-state index >= 15 is 0 Å². The largest absolute Gasteiger partial charge is 0.455 e. The predicted molar refractivity (Wildman–Crippen MR) is 491 cm³/mol. The van der Waals surface area contributed by atoms with Gasteiger partial charge in [0.05, 0.1) is 22.8 Å². The molecule has 0 saturated carbocycles. The molecule has 0 spiro atoms. The molecule has 22 rings (SSSR count). The number of aromatic nitrogens is 10. The van der Waals surface area contributed by atoms with Crippen LogP contribution in [0.1, 0.15) is 0 Å². The quantitative estimate of drug-likeness (QED) is 0.0852. The van der Waals surface area contributed by atoms with Gasteiger partial charge in [-0.3, -0.25) is 0 Å². The molecule has 122 heavy (non-hydrogen) atoms. The van der Waals surface area contributed by atoms with Crippen molar-refractivity contribution < 1.29 is 8.83 Å². The molecule has 0 aliphatic carbocycles. The Balaban J connectivity index is 0.612. The SMILES string of the molecule is c1ccc(-c2cc(-c3ccc(-c4ccc(-c5c(-c6nc(-c7ccccc7)nc(-c7ccccc7)n6)ccc6c5oc5cc(-c7cccc(-c8cc(-c9ccccc9)nc(-c9ccc(-c%10ccc%11c(oc%12ccccc%12%11)c%10-c%10ccc(-c%11nc(-c%12ccccc%12)nc(-c%12ccccc%12)n%11)cc%10)cc9)n8)c7)ccc56)cc4)cc3)nc(-c3ccccc3)n2)cc1. The summed E-state index contributed by atoms with van der Waals surface area (Å²) in [5, 5.41) is 4.00. The first-order chi connectivity index (χ1) is 60.4. The van der Waals surface area contributed by atoms with Crippen molar-refractivity contribution in [2.75, 3.05) is 0 Å². The molecule has 0 aliphatic heterocycles. The van der Waals surface area contributed by atoms with Crippen molar-refractivity contribution in [2.45, 2.75) is 0 Å². The van der Waals surface area contributed by atoms with Crippen LogP contribution in [0.2, 0.25) is 0 Å². The van der Waals surface area contributed by atoms with Crippen molar-refractivity contribution >= 4 is 43.9 Å². The Bertz CT molecular complexity index is 7500. The third-order valence-corrected chi connectivity index (χ3v) is 22.5. The maximum Gasteiger partial charge on any atom is 0.164 e. The van der Waals surface area contributed by atoms with Crippen molar-refractivity contribution in [3.63, 3.8) is 0 Å². The molecule has 570 valence electrons. The summed E-state index contributed by atoms with van der Waals surface area (Å²) in [5.41, 5.74) is 27.1. The molecule has 6 aromatic heterocycles. The number of benzene rings is 16. The summed E-state index contributed by atoms with van der Waals surface area (Å²) in [4.78, 5) is 51.6. The van der Waals surface area contributed by atoms with Gasteiger partial charge in [-0.25, -0.2) is 49.8 Å². The van der Waals surface area contributed by atoms with Crippen molar-refractivity contribution in [3.05, 3.63) is 413 Å². The molecule has 0 unspecified atom stereocenters. The van der Waals surface area contributed by atoms with E-state index in [9.17, 15) is 0 Å². The van der Waals surface area contributed by atoms with Crippen LogP contribution in [-0.2, 0) is 0 Å². The lowest BCUT2D eigenvalue weighted by Gasteiger charge is -2.14. The van der Waals surface area contributed by atoms with Gasteiger partial charge in [-0.2, -0.15) is 0 Å². The normalized spacial score (nSPS) is 11.4. The van der Waals surface area contributed by atoms with Gasteiger partial charge in [0.15, 0.2) is 46.6 Å². The number of hydrogen-bond acceptors (Lipinski definition) is 12. The van der Waals surface area contributed by atoms with E-state index in [0.717, 1.165) is 183 Å². The number of furan rings is 2. The minimum atomic E-state index is 0.517. The van der Waals surface area contributed by atoms with Gasteiger partial charge in [0.1, 0.15) is 22.3 Å². The molecule has 0 amide bonds. The molecule has 16 aromatic carbocycles. The van der Waals surface area contributed by atoms with Gasteiger partial charge in [-0.1, -0.05) is 358 Å². The minimum Gasteiger partial charge on any atom is -0.455 e. The highest BCUT2D eigenvalue weighted by atomic mass is 16.3. The van der Waals surface area contributed by atoms with E-state index in [4.69, 9.17) is 58.7 Å². The minimum absolute atomic E-state index is 0.517. The second-order valence-electron chi connectivity index (χ2n) is 30.1. The maximum atomic E-state index is 7.31. The summed E-state index contributed by atoms with van der Waals surface area (Å²) in [5.74, 6) is 4.69. The molecule has 0 aliphatic rings. The topological polar surface area (TPSA) is 155 Å². The number of rotatable bonds is 17. The van der Waals surface area contributed by atoms with Crippen molar-refractivity contribution in [1.29, 1.82) is 0 Å². The van der Waals surface area contributed by atoms with E-state index in [2.05, 4.69) is 224 Å². The van der Waals surface area contributed by atoms with Crippen LogP contribution >= 0.6 is 0 Å². The van der Waals surface area contributed by atoms with E-state index < -0.39 is 0 Å². The van der Waals surface area contributed by atoms with Gasteiger partial charge in [0.25, 0.3) is 0 Å². The fourth-order valence-corrected chi connectivity index (χ4v) is 16.3. The second kappa shape index (κ2) is 31.1. The highest BCUT2D eigenvalue weighted by molar-refractivity contribution is 6.14. The van der Waals surface area contributed by atoms with Gasteiger partial charge in [0.2, 0.25) is 0 Å². The van der Waals surface area contributed by atoms with Crippen molar-refractivity contribution in [2.24, 2.45) is 0 Å². The Labute approximate surface area is 702 Å². The van der Waals surface area contributed by atoms with Crippen LogP contribution in [0.25, 0.3) is 236 Å². The molecule has 0 fully saturated rings. The van der Waals surface area contributed by atoms with Gasteiger partial charge in [-0.05, 0) is 99.1 Å². The van der Waals surface area contributed by atoms with Crippen LogP contribution in [0, 0.1) is 0 Å². The first-order valence-electron chi connectivity index (χ1n) is 40.6. The zero-order chi connectivity index (χ0) is 80.8. The third kappa shape index (κ3) is 13.9. The highest BCUT2D eigenvalue weighted by Crippen LogP contribution is 2.47. The molecule has 12 heteroatoms. The average molecular weight is 1560 g/mol. The van der Waals surface area contributed by atoms with Gasteiger partial charge < -0.3 is 8.83 Å². The van der Waals surface area contributed by atoms with Crippen LogP contribution in [0.3, 0.4) is 0 Å². The standard InChI is InChI=1S/C110H68N10O2/c1-8-25-72(26-9-1)93-67-95(113-103(111-93)77-29-12-3-13-30-77)74-49-43-69(44-50-74)70-45-51-76(52-46-70)100-92(110-119-107(80-35-18-6-19-36-80)118-108(120-110)81-37-20-7-21-38-81)64-63-91-89-60-59-85(66-98(89)122-102(91)100)84-39-24-40-86(65-84)96-68-94(73-27-10-2-11-28-73)112-104(114-96)82-55-47-71(48-56-82)87-61-62-90-88-41-22-23-42-97(88)121-101(90)99(87)75-53-57-83(58-54-75)109-116-105(78-31-14-4-15-32-78)115-106(117-109)79-33-16-5-17-34-79/h1-68H. The number of fused-ring (bicyclic) bond motifs is 6. The van der Waals surface area contributed by atoms with Crippen LogP contribution in [0.15, 0.2) is 421 Å². The number of nitrogens with zero attached hydrogens (tertiary/aromatic N) is 10. The molecule has 0 radical (unpaired) electrons. The van der Waals surface area contributed by atoms with E-state index in [-0.39, 0.29) is 0 Å². The van der Waals surface area contributed by atoms with Crippen LogP contribution < -0.4 is 0 Å². The molecular weight excluding hydrogens is 1490 g/mol. The van der Waals surface area contributed by atoms with E-state index in [0.29, 0.717) is 52.2 Å². The summed E-state index contributed by atoms with van der Waals surface area (Å²) >= 11 is 0. The Morgan fingerprint density at radius 3 is 0.852 bits per heavy atom. The monoisotopic (exact) mass is 1560 g/mol. The Morgan fingerprint density at radius 1 is 0.139 bits per heavy atom. The van der Waals surface area contributed by atoms with Crippen molar-refractivity contribution in [1.82, 2.24) is 49.8 Å². The van der Waals surface area contributed by atoms with Crippen LogP contribution in [0.5, 0.6) is 0 Å². The molecule has 0 bridgehead atoms. The average Bonchev–Trinajstić information content (AvgIpc) is 1.57. The summed E-state index contributed by atoms with van der Waals surface area (Å²) in [6.45, 7) is 0. The fourth-order valence-electron chi connectivity index (χ4n) is 16.3. The molecule has 22 aromatic rings. The van der Waals surface area contributed by atoms with Gasteiger partial charge >= 0.3 is 0 Å². The Hall–Kier alpha value is -16.7. The summed E-state index contributed by atoms with van der Waals surface area (Å²) in [7, 11) is 0. The maximum absolute atomic E-state index is 7.31. The first-order valence-corrected chi connectivity index (χ1v) is 40.6.